The van der Waals surface area contributed by atoms with Gasteiger partial charge in [0, 0.05) is 30.0 Å². The Morgan fingerprint density at radius 1 is 1.39 bits per heavy atom. The highest BCUT2D eigenvalue weighted by atomic mass is 16.5. The molecule has 1 aliphatic rings. The maximum atomic E-state index is 8.87. The molecule has 2 aromatic heterocycles. The molecule has 0 radical (unpaired) electrons. The van der Waals surface area contributed by atoms with Crippen LogP contribution in [-0.4, -0.2) is 40.5 Å². The molecule has 0 bridgehead atoms. The normalized spacial score (nSPS) is 20.8. The highest BCUT2D eigenvalue weighted by Gasteiger charge is 2.28. The van der Waals surface area contributed by atoms with E-state index in [-0.39, 0.29) is 12.1 Å². The van der Waals surface area contributed by atoms with E-state index in [1.165, 1.54) is 6.42 Å². The van der Waals surface area contributed by atoms with Crippen LogP contribution in [0.4, 0.5) is 0 Å². The summed E-state index contributed by atoms with van der Waals surface area (Å²) in [6.07, 6.45) is 7.14. The lowest BCUT2D eigenvalue weighted by molar-refractivity contribution is 0.212. The van der Waals surface area contributed by atoms with Gasteiger partial charge in [0.15, 0.2) is 5.76 Å². The Morgan fingerprint density at radius 3 is 3.09 bits per heavy atom. The third-order valence-electron chi connectivity index (χ3n) is 4.16. The Morgan fingerprint density at radius 2 is 2.30 bits per heavy atom. The molecule has 0 unspecified atom stereocenters. The summed E-state index contributed by atoms with van der Waals surface area (Å²) in [7, 11) is 0. The van der Waals surface area contributed by atoms with Crippen LogP contribution in [0.2, 0.25) is 0 Å². The molecule has 0 aliphatic carbocycles. The molecule has 1 atom stereocenters. The molecule has 1 aliphatic heterocycles. The summed E-state index contributed by atoms with van der Waals surface area (Å²) < 4.78 is 11.3. The zero-order valence-electron chi connectivity index (χ0n) is 13.4. The summed E-state index contributed by atoms with van der Waals surface area (Å²) in [5.74, 6) is 1.40. The van der Waals surface area contributed by atoms with Gasteiger partial charge in [0.1, 0.15) is 12.4 Å². The van der Waals surface area contributed by atoms with Crippen LogP contribution in [0, 0.1) is 0 Å². The van der Waals surface area contributed by atoms with Crippen LogP contribution in [0.25, 0.3) is 11.3 Å². The van der Waals surface area contributed by atoms with Crippen molar-refractivity contribution < 1.29 is 14.4 Å². The number of aryl methyl sites for hydroxylation is 1. The smallest absolute Gasteiger partial charge is 0.168 e. The summed E-state index contributed by atoms with van der Waals surface area (Å²) in [6, 6.07) is 3.80. The average molecular weight is 317 g/mol. The predicted octanol–water partition coefficient (Wildman–Crippen LogP) is 2.18. The van der Waals surface area contributed by atoms with Gasteiger partial charge in [0.2, 0.25) is 0 Å². The van der Waals surface area contributed by atoms with E-state index < -0.39 is 0 Å². The summed E-state index contributed by atoms with van der Waals surface area (Å²) in [6.45, 7) is 4.00. The van der Waals surface area contributed by atoms with Crippen molar-refractivity contribution in [2.75, 3.05) is 19.8 Å². The third kappa shape index (κ3) is 4.09. The number of pyridine rings is 1. The Hall–Kier alpha value is -1.92. The molecule has 6 nitrogen and oxygen atoms in total. The number of aromatic nitrogens is 2. The van der Waals surface area contributed by atoms with E-state index in [0.29, 0.717) is 25.2 Å². The second kappa shape index (κ2) is 7.10. The number of nitrogens with one attached hydrogen (secondary N) is 1. The topological polar surface area (TPSA) is 80.4 Å². The van der Waals surface area contributed by atoms with Crippen LogP contribution in [0.3, 0.4) is 0 Å². The van der Waals surface area contributed by atoms with Gasteiger partial charge >= 0.3 is 0 Å². The molecule has 1 fully saturated rings. The van der Waals surface area contributed by atoms with Crippen LogP contribution in [0.5, 0.6) is 5.75 Å². The average Bonchev–Trinajstić information content (AvgIpc) is 3.21. The van der Waals surface area contributed by atoms with Crippen LogP contribution in [0.15, 0.2) is 29.0 Å². The molecular formula is C17H23N3O3. The van der Waals surface area contributed by atoms with Crippen molar-refractivity contribution in [3.05, 3.63) is 30.2 Å². The first kappa shape index (κ1) is 16.0. The minimum absolute atomic E-state index is 0.0414. The van der Waals surface area contributed by atoms with Crippen molar-refractivity contribution in [1.82, 2.24) is 15.5 Å². The van der Waals surface area contributed by atoms with Crippen LogP contribution in [0.1, 0.15) is 31.9 Å². The van der Waals surface area contributed by atoms with Gasteiger partial charge in [-0.2, -0.15) is 0 Å². The molecule has 2 N–H and O–H groups in total. The fourth-order valence-electron chi connectivity index (χ4n) is 2.78. The van der Waals surface area contributed by atoms with E-state index in [9.17, 15) is 0 Å². The SMILES string of the molecule is C[C@@]1(COc2cncc(-c3cc(CCCO)no3)c2)CCCN1. The number of ether oxygens (including phenoxy) is 1. The maximum Gasteiger partial charge on any atom is 0.168 e. The predicted molar refractivity (Wildman–Crippen MR) is 86.3 cm³/mol. The second-order valence-corrected chi connectivity index (χ2v) is 6.30. The van der Waals surface area contributed by atoms with E-state index >= 15 is 0 Å². The molecule has 0 amide bonds. The van der Waals surface area contributed by atoms with Gasteiger partial charge in [0.25, 0.3) is 0 Å². The standard InChI is InChI=1S/C17H23N3O3/c1-17(5-3-6-19-17)12-22-15-8-13(10-18-11-15)16-9-14(20-23-16)4-2-7-21/h8-11,19,21H,2-7,12H2,1H3/t17-/m0/s1. The van der Waals surface area contributed by atoms with E-state index in [1.54, 1.807) is 12.4 Å². The molecule has 3 heterocycles. The van der Waals surface area contributed by atoms with Gasteiger partial charge in [-0.25, -0.2) is 0 Å². The van der Waals surface area contributed by atoms with E-state index in [4.69, 9.17) is 14.4 Å². The van der Waals surface area contributed by atoms with E-state index in [2.05, 4.69) is 22.4 Å². The Bertz CT molecular complexity index is 636. The number of aliphatic hydroxyl groups excluding tert-OH is 1. The summed E-state index contributed by atoms with van der Waals surface area (Å²) in [5, 5.41) is 16.4. The van der Waals surface area contributed by atoms with Crippen molar-refractivity contribution in [2.24, 2.45) is 0 Å². The molecule has 1 saturated heterocycles. The number of hydrogen-bond donors (Lipinski definition) is 2. The largest absolute Gasteiger partial charge is 0.490 e. The van der Waals surface area contributed by atoms with Gasteiger partial charge in [0.05, 0.1) is 11.9 Å². The van der Waals surface area contributed by atoms with Crippen LogP contribution >= 0.6 is 0 Å². The third-order valence-corrected chi connectivity index (χ3v) is 4.16. The molecule has 3 rings (SSSR count). The fraction of sp³-hybridized carbons (Fsp3) is 0.529. The summed E-state index contributed by atoms with van der Waals surface area (Å²) in [4.78, 5) is 4.23. The van der Waals surface area contributed by atoms with Crippen molar-refractivity contribution in [3.63, 3.8) is 0 Å². The highest BCUT2D eigenvalue weighted by molar-refractivity contribution is 5.58. The maximum absolute atomic E-state index is 8.87. The van der Waals surface area contributed by atoms with Gasteiger partial charge in [-0.15, -0.1) is 0 Å². The summed E-state index contributed by atoms with van der Waals surface area (Å²) >= 11 is 0. The second-order valence-electron chi connectivity index (χ2n) is 6.30. The lowest BCUT2D eigenvalue weighted by Gasteiger charge is -2.24. The van der Waals surface area contributed by atoms with Crippen molar-refractivity contribution >= 4 is 0 Å². The first-order chi connectivity index (χ1) is 11.2. The van der Waals surface area contributed by atoms with Crippen molar-refractivity contribution in [3.8, 4) is 17.1 Å². The lowest BCUT2D eigenvalue weighted by atomic mass is 10.0. The molecular weight excluding hydrogens is 294 g/mol. The van der Waals surface area contributed by atoms with E-state index in [0.717, 1.165) is 30.0 Å². The quantitative estimate of drug-likeness (QED) is 0.815. The molecule has 23 heavy (non-hydrogen) atoms. The lowest BCUT2D eigenvalue weighted by Crippen LogP contribution is -2.42. The monoisotopic (exact) mass is 317 g/mol. The molecule has 0 aromatic carbocycles. The summed E-state index contributed by atoms with van der Waals surface area (Å²) in [5.41, 5.74) is 1.72. The number of rotatable bonds is 7. The zero-order valence-corrected chi connectivity index (χ0v) is 13.4. The minimum Gasteiger partial charge on any atom is -0.490 e. The van der Waals surface area contributed by atoms with Gasteiger partial charge < -0.3 is 19.7 Å². The zero-order chi connectivity index (χ0) is 16.1. The molecule has 0 saturated carbocycles. The first-order valence-corrected chi connectivity index (χ1v) is 8.08. The molecule has 0 spiro atoms. The Labute approximate surface area is 135 Å². The number of aliphatic hydroxyl groups is 1. The number of nitrogens with zero attached hydrogens (tertiary/aromatic N) is 2. The molecule has 6 heteroatoms. The first-order valence-electron chi connectivity index (χ1n) is 8.08. The molecule has 2 aromatic rings. The van der Waals surface area contributed by atoms with Crippen molar-refractivity contribution in [2.45, 2.75) is 38.1 Å². The van der Waals surface area contributed by atoms with Crippen LogP contribution in [-0.2, 0) is 6.42 Å². The fourth-order valence-corrected chi connectivity index (χ4v) is 2.78. The minimum atomic E-state index is 0.0414. The Balaban J connectivity index is 1.66. The highest BCUT2D eigenvalue weighted by Crippen LogP contribution is 2.25. The van der Waals surface area contributed by atoms with Gasteiger partial charge in [-0.3, -0.25) is 4.98 Å². The van der Waals surface area contributed by atoms with Crippen LogP contribution < -0.4 is 10.1 Å². The van der Waals surface area contributed by atoms with Gasteiger partial charge in [-0.05, 0) is 45.2 Å². The Kier molecular flexibility index (Phi) is 4.93. The van der Waals surface area contributed by atoms with E-state index in [1.807, 2.05) is 12.1 Å². The van der Waals surface area contributed by atoms with Gasteiger partial charge in [-0.1, -0.05) is 5.16 Å². The van der Waals surface area contributed by atoms with Crippen molar-refractivity contribution in [1.29, 1.82) is 0 Å². The number of hydrogen-bond acceptors (Lipinski definition) is 6. The molecule has 124 valence electrons.